The Morgan fingerprint density at radius 2 is 2.24 bits per heavy atom. The predicted molar refractivity (Wildman–Crippen MR) is 80.8 cm³/mol. The van der Waals surface area contributed by atoms with Crippen molar-refractivity contribution in [1.82, 2.24) is 4.31 Å². The molecule has 1 unspecified atom stereocenters. The fraction of sp³-hybridized carbons (Fsp3) is 0.571. The third-order valence-corrected chi connectivity index (χ3v) is 5.50. The van der Waals surface area contributed by atoms with Crippen molar-refractivity contribution in [1.29, 1.82) is 0 Å². The summed E-state index contributed by atoms with van der Waals surface area (Å²) < 4.78 is 37.0. The first kappa shape index (κ1) is 16.1. The zero-order chi connectivity index (χ0) is 15.5. The normalized spacial score (nSPS) is 19.7. The molecule has 1 heterocycles. The van der Waals surface area contributed by atoms with Crippen LogP contribution in [0.3, 0.4) is 0 Å². The second-order valence-corrected chi connectivity index (χ2v) is 7.32. The van der Waals surface area contributed by atoms with Crippen molar-refractivity contribution in [2.24, 2.45) is 5.92 Å². The van der Waals surface area contributed by atoms with Crippen molar-refractivity contribution in [3.05, 3.63) is 18.2 Å². The van der Waals surface area contributed by atoms with Gasteiger partial charge in [0.2, 0.25) is 10.0 Å². The van der Waals surface area contributed by atoms with Gasteiger partial charge in [0.05, 0.1) is 24.3 Å². The highest BCUT2D eigenvalue weighted by Crippen LogP contribution is 2.27. The SMILES string of the molecule is COc1cc(S(=O)(=O)N(C)CC2CCCOC2)ccc1N. The summed E-state index contributed by atoms with van der Waals surface area (Å²) in [6.07, 6.45) is 1.97. The van der Waals surface area contributed by atoms with Gasteiger partial charge in [-0.3, -0.25) is 0 Å². The van der Waals surface area contributed by atoms with Crippen molar-refractivity contribution in [2.75, 3.05) is 39.6 Å². The van der Waals surface area contributed by atoms with E-state index in [9.17, 15) is 8.42 Å². The summed E-state index contributed by atoms with van der Waals surface area (Å²) in [4.78, 5) is 0.188. The molecule has 0 aliphatic carbocycles. The summed E-state index contributed by atoms with van der Waals surface area (Å²) in [7, 11) is -0.492. The minimum absolute atomic E-state index is 0.188. The van der Waals surface area contributed by atoms with Gasteiger partial charge in [-0.15, -0.1) is 0 Å². The fourth-order valence-electron chi connectivity index (χ4n) is 2.44. The van der Waals surface area contributed by atoms with Gasteiger partial charge in [0, 0.05) is 26.3 Å². The molecule has 1 saturated heterocycles. The fourth-order valence-corrected chi connectivity index (χ4v) is 3.71. The average molecular weight is 314 g/mol. The number of hydrogen-bond donors (Lipinski definition) is 1. The summed E-state index contributed by atoms with van der Waals surface area (Å²) in [5.41, 5.74) is 6.14. The first-order chi connectivity index (χ1) is 9.95. The highest BCUT2D eigenvalue weighted by Gasteiger charge is 2.25. The predicted octanol–water partition coefficient (Wildman–Crippen LogP) is 1.32. The monoisotopic (exact) mass is 314 g/mol. The van der Waals surface area contributed by atoms with E-state index in [4.69, 9.17) is 15.2 Å². The van der Waals surface area contributed by atoms with Crippen molar-refractivity contribution >= 4 is 15.7 Å². The number of nitrogens with zero attached hydrogens (tertiary/aromatic N) is 1. The van der Waals surface area contributed by atoms with Crippen LogP contribution in [0, 0.1) is 5.92 Å². The maximum Gasteiger partial charge on any atom is 0.242 e. The summed E-state index contributed by atoms with van der Waals surface area (Å²) >= 11 is 0. The van der Waals surface area contributed by atoms with E-state index in [0.29, 0.717) is 24.6 Å². The molecule has 1 aromatic rings. The summed E-state index contributed by atoms with van der Waals surface area (Å²) in [6.45, 7) is 1.84. The highest BCUT2D eigenvalue weighted by atomic mass is 32.2. The van der Waals surface area contributed by atoms with Crippen molar-refractivity contribution < 1.29 is 17.9 Å². The van der Waals surface area contributed by atoms with E-state index in [1.54, 1.807) is 13.1 Å². The molecular formula is C14H22N2O4S. The number of nitrogens with two attached hydrogens (primary N) is 1. The lowest BCUT2D eigenvalue weighted by Crippen LogP contribution is -2.35. The lowest BCUT2D eigenvalue weighted by atomic mass is 10.0. The van der Waals surface area contributed by atoms with Crippen LogP contribution >= 0.6 is 0 Å². The molecule has 0 saturated carbocycles. The van der Waals surface area contributed by atoms with Gasteiger partial charge in [-0.05, 0) is 30.9 Å². The van der Waals surface area contributed by atoms with Gasteiger partial charge in [-0.25, -0.2) is 12.7 Å². The number of methoxy groups -OCH3 is 1. The molecule has 1 aliphatic rings. The van der Waals surface area contributed by atoms with Gasteiger partial charge in [-0.2, -0.15) is 0 Å². The molecule has 0 spiro atoms. The zero-order valence-electron chi connectivity index (χ0n) is 12.4. The van der Waals surface area contributed by atoms with Crippen LogP contribution in [0.2, 0.25) is 0 Å². The molecule has 7 heteroatoms. The molecule has 1 fully saturated rings. The maximum atomic E-state index is 12.6. The van der Waals surface area contributed by atoms with Gasteiger partial charge in [0.15, 0.2) is 0 Å². The number of anilines is 1. The van der Waals surface area contributed by atoms with Gasteiger partial charge in [-0.1, -0.05) is 0 Å². The number of ether oxygens (including phenoxy) is 2. The molecule has 1 aliphatic heterocycles. The highest BCUT2D eigenvalue weighted by molar-refractivity contribution is 7.89. The molecular weight excluding hydrogens is 292 g/mol. The third-order valence-electron chi connectivity index (χ3n) is 3.68. The summed E-state index contributed by atoms with van der Waals surface area (Å²) in [6, 6.07) is 4.50. The third kappa shape index (κ3) is 3.66. The van der Waals surface area contributed by atoms with E-state index in [1.807, 2.05) is 0 Å². The van der Waals surface area contributed by atoms with Crippen LogP contribution in [0.4, 0.5) is 5.69 Å². The van der Waals surface area contributed by atoms with E-state index in [0.717, 1.165) is 19.4 Å². The van der Waals surface area contributed by atoms with Gasteiger partial charge < -0.3 is 15.2 Å². The van der Waals surface area contributed by atoms with E-state index in [-0.39, 0.29) is 10.8 Å². The van der Waals surface area contributed by atoms with E-state index < -0.39 is 10.0 Å². The lowest BCUT2D eigenvalue weighted by Gasteiger charge is -2.26. The minimum Gasteiger partial charge on any atom is -0.495 e. The van der Waals surface area contributed by atoms with E-state index in [2.05, 4.69) is 0 Å². The molecule has 0 aromatic heterocycles. The smallest absolute Gasteiger partial charge is 0.242 e. The zero-order valence-corrected chi connectivity index (χ0v) is 13.2. The number of benzene rings is 1. The Labute approximate surface area is 125 Å². The molecule has 0 radical (unpaired) electrons. The minimum atomic E-state index is -3.55. The molecule has 118 valence electrons. The Balaban J connectivity index is 2.16. The van der Waals surface area contributed by atoms with Gasteiger partial charge >= 0.3 is 0 Å². The van der Waals surface area contributed by atoms with E-state index >= 15 is 0 Å². The first-order valence-electron chi connectivity index (χ1n) is 6.92. The molecule has 6 nitrogen and oxygen atoms in total. The Bertz CT molecular complexity index is 583. The van der Waals surface area contributed by atoms with Crippen LogP contribution in [-0.2, 0) is 14.8 Å². The standard InChI is InChI=1S/C14H22N2O4S/c1-16(9-11-4-3-7-20-10-11)21(17,18)12-5-6-13(15)14(8-12)19-2/h5-6,8,11H,3-4,7,9-10,15H2,1-2H3. The quantitative estimate of drug-likeness (QED) is 0.829. The van der Waals surface area contributed by atoms with Crippen LogP contribution in [0.1, 0.15) is 12.8 Å². The van der Waals surface area contributed by atoms with Crippen molar-refractivity contribution in [3.8, 4) is 5.75 Å². The summed E-state index contributed by atoms with van der Waals surface area (Å²) in [5, 5.41) is 0. The van der Waals surface area contributed by atoms with E-state index in [1.165, 1.54) is 23.5 Å². The number of rotatable bonds is 5. The average Bonchev–Trinajstić information content (AvgIpc) is 2.48. The molecule has 2 N–H and O–H groups in total. The van der Waals surface area contributed by atoms with Crippen molar-refractivity contribution in [2.45, 2.75) is 17.7 Å². The summed E-state index contributed by atoms with van der Waals surface area (Å²) in [5.74, 6) is 0.611. The second kappa shape index (κ2) is 6.64. The van der Waals surface area contributed by atoms with Crippen LogP contribution in [0.15, 0.2) is 23.1 Å². The molecule has 1 aromatic carbocycles. The van der Waals surface area contributed by atoms with Crippen molar-refractivity contribution in [3.63, 3.8) is 0 Å². The first-order valence-corrected chi connectivity index (χ1v) is 8.36. The molecule has 1 atom stereocenters. The Kier molecular flexibility index (Phi) is 5.08. The number of sulfonamides is 1. The number of hydrogen-bond acceptors (Lipinski definition) is 5. The largest absolute Gasteiger partial charge is 0.495 e. The lowest BCUT2D eigenvalue weighted by molar-refractivity contribution is 0.0495. The Hall–Kier alpha value is -1.31. The van der Waals surface area contributed by atoms with Crippen LogP contribution in [0.25, 0.3) is 0 Å². The van der Waals surface area contributed by atoms with Gasteiger partial charge in [0.1, 0.15) is 5.75 Å². The molecule has 2 rings (SSSR count). The Morgan fingerprint density at radius 3 is 2.86 bits per heavy atom. The van der Waals surface area contributed by atoms with Crippen LogP contribution < -0.4 is 10.5 Å². The van der Waals surface area contributed by atoms with Crippen LogP contribution in [0.5, 0.6) is 5.75 Å². The second-order valence-electron chi connectivity index (χ2n) is 5.27. The van der Waals surface area contributed by atoms with Crippen LogP contribution in [-0.4, -0.2) is 46.6 Å². The number of nitrogen functional groups attached to an aromatic ring is 1. The topological polar surface area (TPSA) is 81.9 Å². The molecule has 0 bridgehead atoms. The maximum absolute atomic E-state index is 12.6. The Morgan fingerprint density at radius 1 is 1.48 bits per heavy atom. The molecule has 0 amide bonds. The molecule has 21 heavy (non-hydrogen) atoms. The van der Waals surface area contributed by atoms with Gasteiger partial charge in [0.25, 0.3) is 0 Å².